The number of methoxy groups -OCH3 is 1. The summed E-state index contributed by atoms with van der Waals surface area (Å²) < 4.78 is 8.11. The van der Waals surface area contributed by atoms with Crippen molar-refractivity contribution in [2.45, 2.75) is 78.2 Å². The quantitative estimate of drug-likeness (QED) is 0.262. The lowest BCUT2D eigenvalue weighted by atomic mass is 9.84. The largest absolute Gasteiger partial charge is 0.375 e. The van der Waals surface area contributed by atoms with Gasteiger partial charge in [-0.1, -0.05) is 19.9 Å². The molecule has 13 nitrogen and oxygen atoms in total. The molecule has 3 aromatic heterocycles. The standard InChI is InChI=1S/C37H46N8O5S/c1-6-43-30-12-11-23-15-26(30)27(34(43)25-9-7-13-39-33(25)22(2)49-5)17-37(3,4)21-50-45(48)31-10-8-14-44(42-31)36(47)28(16-32-40-29(23)20-51-32)41-35(46)24-18-38-19-24/h7,9,11-13,15,20,22,24,28,31,38,42H,6,8,10,14,16-19,21H2,1-5H3/p+1/t22-,28-,31+/m0/s1. The molecule has 6 bridgehead atoms. The van der Waals surface area contributed by atoms with E-state index in [9.17, 15) is 14.5 Å². The van der Waals surface area contributed by atoms with E-state index in [1.807, 2.05) is 18.4 Å². The summed E-state index contributed by atoms with van der Waals surface area (Å²) in [5.41, 5.74) is 9.55. The number of hydrogen-bond donors (Lipinski definition) is 3. The summed E-state index contributed by atoms with van der Waals surface area (Å²) >= 11 is 1.47. The fourth-order valence-electron chi connectivity index (χ4n) is 7.25. The van der Waals surface area contributed by atoms with Crippen LogP contribution >= 0.6 is 11.3 Å². The number of carbonyl (C=O) groups is 2. The fourth-order valence-corrected chi connectivity index (χ4v) is 8.10. The summed E-state index contributed by atoms with van der Waals surface area (Å²) in [5, 5.41) is 11.4. The Bertz CT molecular complexity index is 1950. The van der Waals surface area contributed by atoms with Crippen LogP contribution in [0.15, 0.2) is 41.9 Å². The SMILES string of the molecule is CCn1c(-c2cccnc2[C@H](C)OC)c2c3cc(ccc31)-c1csc(n1)C[C@H](NC(=O)C1CNC1)C(=O)N1CCC[C@H](N1)[N+](=O)OCC(C)(C)C2. The van der Waals surface area contributed by atoms with E-state index >= 15 is 0 Å². The molecule has 3 aliphatic heterocycles. The first-order valence-electron chi connectivity index (χ1n) is 17.8. The van der Waals surface area contributed by atoms with E-state index in [2.05, 4.69) is 65.7 Å². The highest BCUT2D eigenvalue weighted by molar-refractivity contribution is 7.10. The molecule has 2 saturated heterocycles. The smallest absolute Gasteiger partial charge is 0.326 e. The first kappa shape index (κ1) is 35.2. The summed E-state index contributed by atoms with van der Waals surface area (Å²) in [6.07, 6.45) is 2.78. The summed E-state index contributed by atoms with van der Waals surface area (Å²) in [6, 6.07) is 9.66. The molecule has 51 heavy (non-hydrogen) atoms. The Kier molecular flexibility index (Phi) is 9.94. The summed E-state index contributed by atoms with van der Waals surface area (Å²) in [5.74, 6) is -0.652. The Labute approximate surface area is 301 Å². The van der Waals surface area contributed by atoms with Crippen LogP contribution in [0.4, 0.5) is 0 Å². The van der Waals surface area contributed by atoms with Crippen LogP contribution < -0.4 is 16.1 Å². The minimum atomic E-state index is -0.847. The molecule has 2 fully saturated rings. The highest BCUT2D eigenvalue weighted by Gasteiger charge is 2.40. The summed E-state index contributed by atoms with van der Waals surface area (Å²) in [7, 11) is 1.69. The van der Waals surface area contributed by atoms with Crippen molar-refractivity contribution in [2.75, 3.05) is 33.4 Å². The fraction of sp³-hybridized carbons (Fsp3) is 0.514. The third-order valence-corrected chi connectivity index (χ3v) is 11.1. The van der Waals surface area contributed by atoms with Gasteiger partial charge in [-0.2, -0.15) is 5.43 Å². The number of aryl methyl sites for hydroxylation is 1. The third-order valence-electron chi connectivity index (χ3n) is 10.2. The molecule has 0 aliphatic carbocycles. The van der Waals surface area contributed by atoms with E-state index < -0.39 is 17.6 Å². The zero-order valence-corrected chi connectivity index (χ0v) is 30.7. The first-order valence-corrected chi connectivity index (χ1v) is 18.7. The van der Waals surface area contributed by atoms with Crippen LogP contribution in [0.1, 0.15) is 62.9 Å². The second kappa shape index (κ2) is 14.4. The van der Waals surface area contributed by atoms with Crippen LogP contribution in [0.5, 0.6) is 0 Å². The Morgan fingerprint density at radius 3 is 2.84 bits per heavy atom. The zero-order valence-electron chi connectivity index (χ0n) is 29.9. The molecule has 6 heterocycles. The minimum Gasteiger partial charge on any atom is -0.375 e. The molecule has 3 aliphatic rings. The van der Waals surface area contributed by atoms with Gasteiger partial charge in [0.1, 0.15) is 6.04 Å². The molecule has 2 amide bonds. The lowest BCUT2D eigenvalue weighted by molar-refractivity contribution is -0.835. The number of hydrazine groups is 1. The van der Waals surface area contributed by atoms with Crippen LogP contribution in [0.25, 0.3) is 33.4 Å². The van der Waals surface area contributed by atoms with Gasteiger partial charge >= 0.3 is 6.17 Å². The van der Waals surface area contributed by atoms with Gasteiger partial charge in [-0.05, 0) is 56.5 Å². The Balaban J connectivity index is 1.36. The van der Waals surface area contributed by atoms with Crippen LogP contribution in [-0.4, -0.2) is 81.8 Å². The van der Waals surface area contributed by atoms with Crippen molar-refractivity contribution in [3.05, 3.63) is 63.1 Å². The average Bonchev–Trinajstić information content (AvgIpc) is 3.70. The molecule has 3 atom stereocenters. The molecule has 270 valence electrons. The highest BCUT2D eigenvalue weighted by atomic mass is 32.1. The van der Waals surface area contributed by atoms with Crippen molar-refractivity contribution in [2.24, 2.45) is 11.3 Å². The number of aromatic nitrogens is 3. The average molecular weight is 716 g/mol. The van der Waals surface area contributed by atoms with Gasteiger partial charge in [0.05, 0.1) is 39.0 Å². The van der Waals surface area contributed by atoms with E-state index in [0.717, 1.165) is 56.2 Å². The van der Waals surface area contributed by atoms with Crippen molar-refractivity contribution in [1.82, 2.24) is 35.6 Å². The van der Waals surface area contributed by atoms with Gasteiger partial charge in [0, 0.05) is 85.2 Å². The highest BCUT2D eigenvalue weighted by Crippen LogP contribution is 2.42. The van der Waals surface area contributed by atoms with E-state index in [4.69, 9.17) is 19.5 Å². The topological polar surface area (TPSA) is 143 Å². The van der Waals surface area contributed by atoms with Gasteiger partial charge in [0.2, 0.25) is 10.8 Å². The maximum Gasteiger partial charge on any atom is 0.326 e. The predicted molar refractivity (Wildman–Crippen MR) is 194 cm³/mol. The minimum absolute atomic E-state index is 0.151. The van der Waals surface area contributed by atoms with Gasteiger partial charge in [-0.15, -0.1) is 11.3 Å². The van der Waals surface area contributed by atoms with E-state index in [-0.39, 0.29) is 36.9 Å². The number of nitrogens with zero attached hydrogens (tertiary/aromatic N) is 5. The lowest BCUT2D eigenvalue weighted by Gasteiger charge is -2.33. The van der Waals surface area contributed by atoms with Gasteiger partial charge in [0.25, 0.3) is 5.91 Å². The molecule has 14 heteroatoms. The van der Waals surface area contributed by atoms with Crippen LogP contribution in [0, 0.1) is 16.2 Å². The molecular formula is C37H47N8O5S+. The maximum absolute atomic E-state index is 14.0. The number of ether oxygens (including phenoxy) is 1. The van der Waals surface area contributed by atoms with Gasteiger partial charge in [-0.3, -0.25) is 19.6 Å². The van der Waals surface area contributed by atoms with Gasteiger partial charge in [-0.25, -0.2) is 9.82 Å². The van der Waals surface area contributed by atoms with Crippen molar-refractivity contribution < 1.29 is 24.1 Å². The number of fused-ring (bicyclic) bond motifs is 6. The maximum atomic E-state index is 14.0. The van der Waals surface area contributed by atoms with Gasteiger partial charge < -0.3 is 19.9 Å². The number of pyridine rings is 1. The number of benzene rings is 1. The van der Waals surface area contributed by atoms with Crippen molar-refractivity contribution >= 4 is 34.1 Å². The van der Waals surface area contributed by atoms with Crippen LogP contribution in [0.3, 0.4) is 0 Å². The normalized spacial score (nSPS) is 21.9. The molecular weight excluding hydrogens is 669 g/mol. The van der Waals surface area contributed by atoms with E-state index in [1.54, 1.807) is 13.3 Å². The van der Waals surface area contributed by atoms with Crippen LogP contribution in [0.2, 0.25) is 0 Å². The number of amides is 2. The van der Waals surface area contributed by atoms with E-state index in [1.165, 1.54) is 16.3 Å². The monoisotopic (exact) mass is 715 g/mol. The van der Waals surface area contributed by atoms with Crippen LogP contribution in [-0.2, 0) is 38.5 Å². The van der Waals surface area contributed by atoms with Crippen molar-refractivity contribution in [3.63, 3.8) is 0 Å². The molecule has 0 saturated carbocycles. The zero-order chi connectivity index (χ0) is 35.9. The second-order valence-corrected chi connectivity index (χ2v) is 15.5. The molecule has 7 rings (SSSR count). The Hall–Kier alpha value is -4.24. The third kappa shape index (κ3) is 7.02. The van der Waals surface area contributed by atoms with Crippen molar-refractivity contribution in [3.8, 4) is 22.5 Å². The Morgan fingerprint density at radius 1 is 1.27 bits per heavy atom. The number of carbonyl (C=O) groups excluding carboxylic acids is 2. The number of thiazole rings is 1. The second-order valence-electron chi connectivity index (χ2n) is 14.5. The van der Waals surface area contributed by atoms with E-state index in [0.29, 0.717) is 43.8 Å². The molecule has 3 N–H and O–H groups in total. The molecule has 0 spiro atoms. The number of hydrogen-bond acceptors (Lipinski definition) is 10. The molecule has 0 unspecified atom stereocenters. The number of nitrogens with one attached hydrogen (secondary N) is 3. The van der Waals surface area contributed by atoms with Gasteiger partial charge in [0.15, 0.2) is 6.61 Å². The molecule has 4 aromatic rings. The number of rotatable bonds is 6. The van der Waals surface area contributed by atoms with Crippen molar-refractivity contribution in [1.29, 1.82) is 0 Å². The molecule has 1 aromatic carbocycles. The lowest BCUT2D eigenvalue weighted by Crippen LogP contribution is -2.62. The molecule has 0 radical (unpaired) electrons. The predicted octanol–water partition coefficient (Wildman–Crippen LogP) is 4.55. The summed E-state index contributed by atoms with van der Waals surface area (Å²) in [6.45, 7) is 10.8. The first-order chi connectivity index (χ1) is 24.6. The summed E-state index contributed by atoms with van der Waals surface area (Å²) in [4.78, 5) is 56.9. The Morgan fingerprint density at radius 2 is 2.10 bits per heavy atom.